The first kappa shape index (κ1) is 19.6. The summed E-state index contributed by atoms with van der Waals surface area (Å²) in [6, 6.07) is 0. The van der Waals surface area contributed by atoms with Crippen LogP contribution in [-0.4, -0.2) is 66.0 Å². The van der Waals surface area contributed by atoms with Crippen LogP contribution in [0.2, 0.25) is 0 Å². The van der Waals surface area contributed by atoms with E-state index in [1.54, 1.807) is 11.3 Å². The fourth-order valence-corrected chi connectivity index (χ4v) is 5.61. The lowest BCUT2D eigenvalue weighted by Crippen LogP contribution is -2.33. The van der Waals surface area contributed by atoms with E-state index in [4.69, 9.17) is 4.52 Å². The monoisotopic (exact) mass is 402 g/mol. The molecule has 1 fully saturated rings. The average Bonchev–Trinajstić information content (AvgIpc) is 3.36. The molecule has 2 aliphatic heterocycles. The molecule has 0 spiro atoms. The van der Waals surface area contributed by atoms with Gasteiger partial charge in [-0.25, -0.2) is 0 Å². The van der Waals surface area contributed by atoms with E-state index < -0.39 is 0 Å². The Kier molecular flexibility index (Phi) is 5.58. The lowest BCUT2D eigenvalue weighted by atomic mass is 10.0. The van der Waals surface area contributed by atoms with Gasteiger partial charge in [-0.2, -0.15) is 0 Å². The molecule has 1 amide bonds. The summed E-state index contributed by atoms with van der Waals surface area (Å²) in [4.78, 5) is 21.2. The van der Waals surface area contributed by atoms with E-state index in [1.807, 2.05) is 13.8 Å². The van der Waals surface area contributed by atoms with Crippen molar-refractivity contribution in [3.8, 4) is 0 Å². The molecule has 4 heterocycles. The smallest absolute Gasteiger partial charge is 0.254 e. The molecule has 0 N–H and O–H groups in total. The van der Waals surface area contributed by atoms with Gasteiger partial charge in [0.05, 0.1) is 11.3 Å². The summed E-state index contributed by atoms with van der Waals surface area (Å²) in [5, 5.41) is 6.16. The number of likely N-dealkylation sites (tertiary alicyclic amines) is 1. The van der Waals surface area contributed by atoms with Crippen molar-refractivity contribution in [2.24, 2.45) is 5.92 Å². The third-order valence-corrected chi connectivity index (χ3v) is 7.03. The van der Waals surface area contributed by atoms with Gasteiger partial charge in [-0.05, 0) is 52.3 Å². The number of carbonyl (C=O) groups excluding carboxylic acids is 1. The number of rotatable bonds is 5. The number of amides is 1. The van der Waals surface area contributed by atoms with Gasteiger partial charge in [-0.15, -0.1) is 11.3 Å². The predicted molar refractivity (Wildman–Crippen MR) is 111 cm³/mol. The first-order chi connectivity index (χ1) is 13.4. The standard InChI is InChI=1S/C21H30N4O2S/c1-14-18(15(2)27-22-14)11-24-7-6-17-19(13-28-20(17)12-24)21(26)25-8-5-16(10-25)9-23(3)4/h13,16H,5-12H2,1-4H3/t16-/m0/s1. The number of hydrogen-bond acceptors (Lipinski definition) is 6. The third kappa shape index (κ3) is 3.88. The van der Waals surface area contributed by atoms with Crippen LogP contribution in [0.1, 0.15) is 44.2 Å². The number of aryl methyl sites for hydroxylation is 2. The molecule has 7 heteroatoms. The summed E-state index contributed by atoms with van der Waals surface area (Å²) < 4.78 is 5.30. The Morgan fingerprint density at radius 1 is 1.36 bits per heavy atom. The highest BCUT2D eigenvalue weighted by atomic mass is 32.1. The van der Waals surface area contributed by atoms with Crippen molar-refractivity contribution in [1.29, 1.82) is 0 Å². The van der Waals surface area contributed by atoms with Crippen molar-refractivity contribution >= 4 is 17.2 Å². The zero-order valence-electron chi connectivity index (χ0n) is 17.3. The number of carbonyl (C=O) groups is 1. The maximum atomic E-state index is 13.1. The zero-order chi connectivity index (χ0) is 19.8. The van der Waals surface area contributed by atoms with Gasteiger partial charge in [0, 0.05) is 55.1 Å². The number of hydrogen-bond donors (Lipinski definition) is 0. The van der Waals surface area contributed by atoms with Gasteiger partial charge in [-0.1, -0.05) is 5.16 Å². The summed E-state index contributed by atoms with van der Waals surface area (Å²) in [6.07, 6.45) is 2.06. The van der Waals surface area contributed by atoms with Crippen molar-refractivity contribution in [3.05, 3.63) is 38.4 Å². The van der Waals surface area contributed by atoms with Crippen molar-refractivity contribution in [2.75, 3.05) is 40.3 Å². The van der Waals surface area contributed by atoms with Crippen LogP contribution in [0.5, 0.6) is 0 Å². The molecule has 0 saturated carbocycles. The lowest BCUT2D eigenvalue weighted by Gasteiger charge is -2.27. The minimum Gasteiger partial charge on any atom is -0.361 e. The molecule has 1 saturated heterocycles. The second-order valence-electron chi connectivity index (χ2n) is 8.48. The molecule has 152 valence electrons. The van der Waals surface area contributed by atoms with E-state index in [0.717, 1.165) is 69.1 Å². The minimum absolute atomic E-state index is 0.234. The molecule has 0 bridgehead atoms. The fourth-order valence-electron chi connectivity index (χ4n) is 4.50. The van der Waals surface area contributed by atoms with E-state index in [0.29, 0.717) is 5.92 Å². The van der Waals surface area contributed by atoms with Crippen LogP contribution in [0.3, 0.4) is 0 Å². The Morgan fingerprint density at radius 2 is 2.18 bits per heavy atom. The molecule has 4 rings (SSSR count). The molecule has 28 heavy (non-hydrogen) atoms. The zero-order valence-corrected chi connectivity index (χ0v) is 18.1. The summed E-state index contributed by atoms with van der Waals surface area (Å²) >= 11 is 1.74. The first-order valence-electron chi connectivity index (χ1n) is 10.1. The Labute approximate surface area is 171 Å². The highest BCUT2D eigenvalue weighted by Crippen LogP contribution is 2.32. The molecule has 6 nitrogen and oxygen atoms in total. The highest BCUT2D eigenvalue weighted by molar-refractivity contribution is 7.10. The van der Waals surface area contributed by atoms with Gasteiger partial charge in [0.1, 0.15) is 5.76 Å². The van der Waals surface area contributed by atoms with Crippen LogP contribution in [0, 0.1) is 19.8 Å². The second-order valence-corrected chi connectivity index (χ2v) is 9.45. The van der Waals surface area contributed by atoms with Crippen LogP contribution in [0.25, 0.3) is 0 Å². The van der Waals surface area contributed by atoms with Crippen LogP contribution in [-0.2, 0) is 19.5 Å². The average molecular weight is 403 g/mol. The van der Waals surface area contributed by atoms with Crippen LogP contribution >= 0.6 is 11.3 Å². The maximum absolute atomic E-state index is 13.1. The molecular formula is C21H30N4O2S. The largest absolute Gasteiger partial charge is 0.361 e. The Morgan fingerprint density at radius 3 is 2.89 bits per heavy atom. The third-order valence-electron chi connectivity index (χ3n) is 6.02. The number of fused-ring (bicyclic) bond motifs is 1. The summed E-state index contributed by atoms with van der Waals surface area (Å²) in [7, 11) is 4.21. The molecule has 2 aromatic heterocycles. The molecule has 0 unspecified atom stereocenters. The van der Waals surface area contributed by atoms with E-state index in [2.05, 4.69) is 39.3 Å². The summed E-state index contributed by atoms with van der Waals surface area (Å²) in [5.74, 6) is 1.74. The molecule has 1 atom stereocenters. The van der Waals surface area contributed by atoms with Gasteiger partial charge in [-0.3, -0.25) is 9.69 Å². The van der Waals surface area contributed by atoms with Gasteiger partial charge in [0.15, 0.2) is 0 Å². The van der Waals surface area contributed by atoms with E-state index in [1.165, 1.54) is 16.0 Å². The van der Waals surface area contributed by atoms with Crippen LogP contribution < -0.4 is 0 Å². The topological polar surface area (TPSA) is 52.8 Å². The normalized spacial score (nSPS) is 20.2. The van der Waals surface area contributed by atoms with Crippen molar-refractivity contribution < 1.29 is 9.32 Å². The molecule has 2 aromatic rings. The predicted octanol–water partition coefficient (Wildman–Crippen LogP) is 2.93. The Balaban J connectivity index is 1.42. The summed E-state index contributed by atoms with van der Waals surface area (Å²) in [5.41, 5.74) is 4.40. The molecular weight excluding hydrogens is 372 g/mol. The van der Waals surface area contributed by atoms with E-state index >= 15 is 0 Å². The van der Waals surface area contributed by atoms with Crippen molar-refractivity contribution in [2.45, 2.75) is 39.8 Å². The van der Waals surface area contributed by atoms with Crippen LogP contribution in [0.15, 0.2) is 9.90 Å². The number of nitrogens with zero attached hydrogens (tertiary/aromatic N) is 4. The minimum atomic E-state index is 0.234. The van der Waals surface area contributed by atoms with Gasteiger partial charge in [0.2, 0.25) is 0 Å². The van der Waals surface area contributed by atoms with Gasteiger partial charge in [0.25, 0.3) is 5.91 Å². The quantitative estimate of drug-likeness (QED) is 0.770. The van der Waals surface area contributed by atoms with Gasteiger partial charge >= 0.3 is 0 Å². The lowest BCUT2D eigenvalue weighted by molar-refractivity contribution is 0.0783. The summed E-state index contributed by atoms with van der Waals surface area (Å²) in [6.45, 7) is 9.55. The molecule has 0 radical (unpaired) electrons. The van der Waals surface area contributed by atoms with E-state index in [-0.39, 0.29) is 5.91 Å². The van der Waals surface area contributed by atoms with Crippen molar-refractivity contribution in [3.63, 3.8) is 0 Å². The Bertz CT molecular complexity index is 837. The van der Waals surface area contributed by atoms with Crippen LogP contribution in [0.4, 0.5) is 0 Å². The molecule has 0 aliphatic carbocycles. The van der Waals surface area contributed by atoms with E-state index in [9.17, 15) is 4.79 Å². The number of aromatic nitrogens is 1. The fraction of sp³-hybridized carbons (Fsp3) is 0.619. The first-order valence-corrected chi connectivity index (χ1v) is 11.0. The molecule has 2 aliphatic rings. The highest BCUT2D eigenvalue weighted by Gasteiger charge is 2.31. The number of thiophene rings is 1. The van der Waals surface area contributed by atoms with Gasteiger partial charge < -0.3 is 14.3 Å². The molecule has 0 aromatic carbocycles. The van der Waals surface area contributed by atoms with Crippen molar-refractivity contribution in [1.82, 2.24) is 19.9 Å². The second kappa shape index (κ2) is 7.97. The maximum Gasteiger partial charge on any atom is 0.254 e. The SMILES string of the molecule is Cc1noc(C)c1CN1CCc2c(C(=O)N3CC[C@@H](CN(C)C)C3)csc2C1. The Hall–Kier alpha value is -1.70.